The van der Waals surface area contributed by atoms with Crippen LogP contribution in [-0.2, 0) is 24.4 Å². The Hall–Kier alpha value is -2.70. The largest absolute Gasteiger partial charge is 0.349 e. The molecule has 3 aromatic rings. The van der Waals surface area contributed by atoms with Gasteiger partial charge in [0.15, 0.2) is 0 Å². The van der Waals surface area contributed by atoms with E-state index in [1.807, 2.05) is 31.2 Å². The number of benzene rings is 1. The molecule has 2 aromatic heterocycles. The molecule has 0 fully saturated rings. The molecule has 0 bridgehead atoms. The van der Waals surface area contributed by atoms with Gasteiger partial charge < -0.3 is 9.88 Å². The SMILES string of the molecule is CCn1c(CNC(=O)C(C)Cn2cncn2)nc2ccccc21. The minimum absolute atomic E-state index is 0.0183. The van der Waals surface area contributed by atoms with Gasteiger partial charge in [-0.3, -0.25) is 9.48 Å². The molecule has 0 radical (unpaired) electrons. The monoisotopic (exact) mass is 312 g/mol. The maximum absolute atomic E-state index is 12.2. The molecule has 23 heavy (non-hydrogen) atoms. The van der Waals surface area contributed by atoms with Gasteiger partial charge in [-0.1, -0.05) is 19.1 Å². The van der Waals surface area contributed by atoms with Crippen molar-refractivity contribution in [3.8, 4) is 0 Å². The number of imidazole rings is 1. The third kappa shape index (κ3) is 3.23. The van der Waals surface area contributed by atoms with Gasteiger partial charge >= 0.3 is 0 Å². The third-order valence-corrected chi connectivity index (χ3v) is 3.85. The topological polar surface area (TPSA) is 77.6 Å². The maximum Gasteiger partial charge on any atom is 0.225 e. The van der Waals surface area contributed by atoms with E-state index in [-0.39, 0.29) is 11.8 Å². The molecule has 1 aromatic carbocycles. The number of amides is 1. The Labute approximate surface area is 134 Å². The van der Waals surface area contributed by atoms with Crippen LogP contribution in [0.4, 0.5) is 0 Å². The average molecular weight is 312 g/mol. The molecular weight excluding hydrogens is 292 g/mol. The van der Waals surface area contributed by atoms with Crippen LogP contribution in [0.1, 0.15) is 19.7 Å². The Morgan fingerprint density at radius 1 is 1.35 bits per heavy atom. The average Bonchev–Trinajstić information content (AvgIpc) is 3.19. The van der Waals surface area contributed by atoms with Crippen molar-refractivity contribution < 1.29 is 4.79 Å². The second-order valence-electron chi connectivity index (χ2n) is 5.50. The van der Waals surface area contributed by atoms with Crippen LogP contribution in [0.2, 0.25) is 0 Å². The molecule has 0 saturated carbocycles. The fourth-order valence-electron chi connectivity index (χ4n) is 2.64. The van der Waals surface area contributed by atoms with Gasteiger partial charge in [0, 0.05) is 6.54 Å². The molecule has 1 N–H and O–H groups in total. The summed E-state index contributed by atoms with van der Waals surface area (Å²) in [6.45, 7) is 5.70. The van der Waals surface area contributed by atoms with E-state index < -0.39 is 0 Å². The molecule has 0 aliphatic heterocycles. The molecule has 1 atom stereocenters. The van der Waals surface area contributed by atoms with Gasteiger partial charge in [0.25, 0.3) is 0 Å². The molecule has 7 heteroatoms. The van der Waals surface area contributed by atoms with E-state index >= 15 is 0 Å². The molecule has 0 aliphatic carbocycles. The molecule has 120 valence electrons. The van der Waals surface area contributed by atoms with Crippen molar-refractivity contribution in [2.75, 3.05) is 0 Å². The Kier molecular flexibility index (Phi) is 4.36. The second-order valence-corrected chi connectivity index (χ2v) is 5.50. The lowest BCUT2D eigenvalue weighted by atomic mass is 10.1. The van der Waals surface area contributed by atoms with Crippen molar-refractivity contribution in [2.45, 2.75) is 33.5 Å². The highest BCUT2D eigenvalue weighted by atomic mass is 16.1. The zero-order valence-corrected chi connectivity index (χ0v) is 13.3. The van der Waals surface area contributed by atoms with Crippen LogP contribution >= 0.6 is 0 Å². The molecular formula is C16H20N6O. The molecule has 7 nitrogen and oxygen atoms in total. The van der Waals surface area contributed by atoms with E-state index in [0.717, 1.165) is 23.4 Å². The Morgan fingerprint density at radius 3 is 2.91 bits per heavy atom. The third-order valence-electron chi connectivity index (χ3n) is 3.85. The lowest BCUT2D eigenvalue weighted by Gasteiger charge is -2.12. The van der Waals surface area contributed by atoms with E-state index in [4.69, 9.17) is 0 Å². The predicted octanol–water partition coefficient (Wildman–Crippen LogP) is 1.60. The smallest absolute Gasteiger partial charge is 0.225 e. The molecule has 0 saturated heterocycles. The summed E-state index contributed by atoms with van der Waals surface area (Å²) in [6, 6.07) is 8.00. The van der Waals surface area contributed by atoms with Crippen LogP contribution in [-0.4, -0.2) is 30.2 Å². The number of hydrogen-bond donors (Lipinski definition) is 1. The normalized spacial score (nSPS) is 12.4. The molecule has 0 spiro atoms. The number of nitrogens with zero attached hydrogens (tertiary/aromatic N) is 5. The summed E-state index contributed by atoms with van der Waals surface area (Å²) in [5, 5.41) is 6.99. The van der Waals surface area contributed by atoms with Crippen LogP contribution in [0, 0.1) is 5.92 Å². The first-order valence-electron chi connectivity index (χ1n) is 7.73. The number of para-hydroxylation sites is 2. The number of nitrogens with one attached hydrogen (secondary N) is 1. The Balaban J connectivity index is 1.67. The van der Waals surface area contributed by atoms with Gasteiger partial charge in [-0.25, -0.2) is 9.97 Å². The highest BCUT2D eigenvalue weighted by Crippen LogP contribution is 2.15. The minimum atomic E-state index is -0.184. The van der Waals surface area contributed by atoms with Crippen molar-refractivity contribution in [2.24, 2.45) is 5.92 Å². The molecule has 3 rings (SSSR count). The Morgan fingerprint density at radius 2 is 2.17 bits per heavy atom. The summed E-state index contributed by atoms with van der Waals surface area (Å²) in [5.41, 5.74) is 2.05. The standard InChI is InChI=1S/C16H20N6O/c1-3-22-14-7-5-4-6-13(14)20-15(22)8-18-16(23)12(2)9-21-11-17-10-19-21/h4-7,10-12H,3,8-9H2,1-2H3,(H,18,23). The highest BCUT2D eigenvalue weighted by molar-refractivity contribution is 5.78. The van der Waals surface area contributed by atoms with Gasteiger partial charge in [-0.15, -0.1) is 0 Å². The van der Waals surface area contributed by atoms with Crippen LogP contribution in [0.15, 0.2) is 36.9 Å². The van der Waals surface area contributed by atoms with Crippen molar-refractivity contribution in [3.05, 3.63) is 42.7 Å². The van der Waals surface area contributed by atoms with Gasteiger partial charge in [-0.05, 0) is 19.1 Å². The maximum atomic E-state index is 12.2. The Bertz CT molecular complexity index is 792. The van der Waals surface area contributed by atoms with E-state index in [2.05, 4.69) is 31.9 Å². The quantitative estimate of drug-likeness (QED) is 0.750. The van der Waals surface area contributed by atoms with Crippen LogP contribution in [0.5, 0.6) is 0 Å². The first-order chi connectivity index (χ1) is 11.2. The summed E-state index contributed by atoms with van der Waals surface area (Å²) < 4.78 is 3.78. The van der Waals surface area contributed by atoms with Crippen molar-refractivity contribution in [1.29, 1.82) is 0 Å². The molecule has 2 heterocycles. The second kappa shape index (κ2) is 6.60. The fraction of sp³-hybridized carbons (Fsp3) is 0.375. The highest BCUT2D eigenvalue weighted by Gasteiger charge is 2.15. The summed E-state index contributed by atoms with van der Waals surface area (Å²) >= 11 is 0. The lowest BCUT2D eigenvalue weighted by Crippen LogP contribution is -2.32. The minimum Gasteiger partial charge on any atom is -0.349 e. The number of hydrogen-bond acceptors (Lipinski definition) is 4. The summed E-state index contributed by atoms with van der Waals surface area (Å²) in [4.78, 5) is 20.7. The van der Waals surface area contributed by atoms with Gasteiger partial charge in [0.1, 0.15) is 18.5 Å². The van der Waals surface area contributed by atoms with E-state index in [0.29, 0.717) is 13.1 Å². The first kappa shape index (κ1) is 15.2. The van der Waals surface area contributed by atoms with Crippen LogP contribution in [0.3, 0.4) is 0 Å². The summed E-state index contributed by atoms with van der Waals surface area (Å²) in [6.07, 6.45) is 3.08. The van der Waals surface area contributed by atoms with Gasteiger partial charge in [0.2, 0.25) is 5.91 Å². The van der Waals surface area contributed by atoms with E-state index in [1.54, 1.807) is 11.0 Å². The lowest BCUT2D eigenvalue weighted by molar-refractivity contribution is -0.125. The van der Waals surface area contributed by atoms with Crippen molar-refractivity contribution in [1.82, 2.24) is 29.6 Å². The first-order valence-corrected chi connectivity index (χ1v) is 7.73. The number of carbonyl (C=O) groups is 1. The number of carbonyl (C=O) groups excluding carboxylic acids is 1. The zero-order valence-electron chi connectivity index (χ0n) is 13.3. The van der Waals surface area contributed by atoms with E-state index in [1.165, 1.54) is 6.33 Å². The molecule has 0 aliphatic rings. The number of fused-ring (bicyclic) bond motifs is 1. The number of rotatable bonds is 6. The number of aryl methyl sites for hydroxylation is 1. The van der Waals surface area contributed by atoms with Gasteiger partial charge in [-0.2, -0.15) is 5.10 Å². The zero-order chi connectivity index (χ0) is 16.2. The number of aromatic nitrogens is 5. The summed E-state index contributed by atoms with van der Waals surface area (Å²) in [7, 11) is 0. The summed E-state index contributed by atoms with van der Waals surface area (Å²) in [5.74, 6) is 0.668. The fourth-order valence-corrected chi connectivity index (χ4v) is 2.64. The van der Waals surface area contributed by atoms with Crippen molar-refractivity contribution in [3.63, 3.8) is 0 Å². The predicted molar refractivity (Wildman–Crippen MR) is 86.4 cm³/mol. The van der Waals surface area contributed by atoms with Gasteiger partial charge in [0.05, 0.1) is 30.0 Å². The molecule has 1 amide bonds. The van der Waals surface area contributed by atoms with Crippen LogP contribution in [0.25, 0.3) is 11.0 Å². The van der Waals surface area contributed by atoms with Crippen LogP contribution < -0.4 is 5.32 Å². The molecule has 1 unspecified atom stereocenters. The van der Waals surface area contributed by atoms with E-state index in [9.17, 15) is 4.79 Å². The van der Waals surface area contributed by atoms with Crippen molar-refractivity contribution >= 4 is 16.9 Å².